The summed E-state index contributed by atoms with van der Waals surface area (Å²) in [6.07, 6.45) is 0.397. The minimum atomic E-state index is -3.02. The van der Waals surface area contributed by atoms with Crippen LogP contribution in [0.25, 0.3) is 0 Å². The van der Waals surface area contributed by atoms with Crippen molar-refractivity contribution < 1.29 is 13.6 Å². The first-order valence-electron chi connectivity index (χ1n) is 8.83. The van der Waals surface area contributed by atoms with Gasteiger partial charge in [0.15, 0.2) is 0 Å². The number of hydrogen-bond donors (Lipinski definition) is 0. The Labute approximate surface area is 151 Å². The van der Waals surface area contributed by atoms with Crippen molar-refractivity contribution in [3.05, 3.63) is 71.8 Å². The summed E-state index contributed by atoms with van der Waals surface area (Å²) in [5.74, 6) is 0. The largest absolute Gasteiger partial charge is 0.331 e. The Hall–Kier alpha value is -1.45. The minimum absolute atomic E-state index is 0.397. The van der Waals surface area contributed by atoms with E-state index in [-0.39, 0.29) is 0 Å². The third-order valence-corrected chi connectivity index (χ3v) is 5.89. The van der Waals surface area contributed by atoms with Gasteiger partial charge in [-0.05, 0) is 25.0 Å². The van der Waals surface area contributed by atoms with Gasteiger partial charge in [0.2, 0.25) is 0 Å². The molecule has 0 fully saturated rings. The van der Waals surface area contributed by atoms with Gasteiger partial charge in [-0.1, -0.05) is 60.7 Å². The van der Waals surface area contributed by atoms with Crippen molar-refractivity contribution in [2.45, 2.75) is 26.9 Å². The second-order valence-corrected chi connectivity index (χ2v) is 8.04. The van der Waals surface area contributed by atoms with Crippen LogP contribution in [0.2, 0.25) is 0 Å². The van der Waals surface area contributed by atoms with Gasteiger partial charge >= 0.3 is 7.60 Å². The van der Waals surface area contributed by atoms with Crippen molar-refractivity contribution in [3.63, 3.8) is 0 Å². The van der Waals surface area contributed by atoms with Gasteiger partial charge in [-0.15, -0.1) is 0 Å². The lowest BCUT2D eigenvalue weighted by Gasteiger charge is -2.25. The third kappa shape index (κ3) is 7.13. The summed E-state index contributed by atoms with van der Waals surface area (Å²) < 4.78 is 23.6. The van der Waals surface area contributed by atoms with Gasteiger partial charge in [0.05, 0.1) is 19.4 Å². The van der Waals surface area contributed by atoms with Crippen molar-refractivity contribution >= 4 is 7.60 Å². The Bertz CT molecular complexity index is 597. The highest BCUT2D eigenvalue weighted by Crippen LogP contribution is 2.47. The molecule has 0 N–H and O–H groups in total. The van der Waals surface area contributed by atoms with Crippen molar-refractivity contribution in [2.24, 2.45) is 0 Å². The summed E-state index contributed by atoms with van der Waals surface area (Å²) in [5, 5.41) is 0. The summed E-state index contributed by atoms with van der Waals surface area (Å²) in [6, 6.07) is 20.7. The average Bonchev–Trinajstić information content (AvgIpc) is 2.62. The molecule has 0 spiro atoms. The molecule has 0 unspecified atom stereocenters. The van der Waals surface area contributed by atoms with Crippen LogP contribution in [-0.2, 0) is 26.7 Å². The lowest BCUT2D eigenvalue weighted by atomic mass is 10.1. The highest BCUT2D eigenvalue weighted by atomic mass is 31.2. The van der Waals surface area contributed by atoms with Crippen molar-refractivity contribution in [1.82, 2.24) is 4.90 Å². The van der Waals surface area contributed by atoms with Crippen molar-refractivity contribution in [2.75, 3.05) is 25.9 Å². The van der Waals surface area contributed by atoms with Crippen LogP contribution in [0.1, 0.15) is 25.0 Å². The lowest BCUT2D eigenvalue weighted by Crippen LogP contribution is -2.26. The van der Waals surface area contributed by atoms with Crippen LogP contribution >= 0.6 is 7.60 Å². The molecule has 0 aliphatic rings. The third-order valence-electron chi connectivity index (χ3n) is 3.84. The van der Waals surface area contributed by atoms with Gasteiger partial charge in [0.25, 0.3) is 0 Å². The molecule has 2 aromatic carbocycles. The van der Waals surface area contributed by atoms with E-state index in [0.29, 0.717) is 25.9 Å². The monoisotopic (exact) mass is 361 g/mol. The first-order chi connectivity index (χ1) is 12.1. The molecule has 0 radical (unpaired) electrons. The standard InChI is InChI=1S/C20H28NO3P/c1-3-23-25(22,24-4-2)16-15-21(17-19-11-7-5-8-12-19)18-20-13-9-6-10-14-20/h5-14H,3-4,15-18H2,1-2H3. The Morgan fingerprint density at radius 3 is 1.64 bits per heavy atom. The fourth-order valence-electron chi connectivity index (χ4n) is 2.72. The normalized spacial score (nSPS) is 11.8. The van der Waals surface area contributed by atoms with E-state index < -0.39 is 7.60 Å². The molecule has 5 heteroatoms. The second-order valence-electron chi connectivity index (χ2n) is 5.85. The first kappa shape index (κ1) is 19.9. The van der Waals surface area contributed by atoms with Crippen LogP contribution < -0.4 is 0 Å². The number of hydrogen-bond acceptors (Lipinski definition) is 4. The van der Waals surface area contributed by atoms with Crippen molar-refractivity contribution in [1.29, 1.82) is 0 Å². The van der Waals surface area contributed by atoms with Crippen LogP contribution in [-0.4, -0.2) is 30.8 Å². The van der Waals surface area contributed by atoms with Gasteiger partial charge in [-0.3, -0.25) is 9.46 Å². The predicted octanol–water partition coefficient (Wildman–Crippen LogP) is 4.95. The second kappa shape index (κ2) is 10.5. The number of rotatable bonds is 11. The molecule has 2 aromatic rings. The van der Waals surface area contributed by atoms with Crippen molar-refractivity contribution in [3.8, 4) is 0 Å². The quantitative estimate of drug-likeness (QED) is 0.531. The van der Waals surface area contributed by atoms with E-state index in [1.54, 1.807) is 0 Å². The topological polar surface area (TPSA) is 38.8 Å². The maximum atomic E-state index is 12.8. The summed E-state index contributed by atoms with van der Waals surface area (Å²) >= 11 is 0. The molecular weight excluding hydrogens is 333 g/mol. The fourth-order valence-corrected chi connectivity index (χ4v) is 4.37. The lowest BCUT2D eigenvalue weighted by molar-refractivity contribution is 0.208. The molecule has 25 heavy (non-hydrogen) atoms. The molecule has 2 rings (SSSR count). The van der Waals surface area contributed by atoms with Gasteiger partial charge in [0, 0.05) is 19.6 Å². The molecule has 0 saturated carbocycles. The van der Waals surface area contributed by atoms with Crippen LogP contribution in [0.4, 0.5) is 0 Å². The van der Waals surface area contributed by atoms with E-state index in [9.17, 15) is 4.57 Å². The maximum absolute atomic E-state index is 12.8. The highest BCUT2D eigenvalue weighted by Gasteiger charge is 2.24. The van der Waals surface area contributed by atoms with Gasteiger partial charge in [-0.25, -0.2) is 0 Å². The summed E-state index contributed by atoms with van der Waals surface area (Å²) in [7, 11) is -3.02. The van der Waals surface area contributed by atoms with Crippen LogP contribution in [0.15, 0.2) is 60.7 Å². The van der Waals surface area contributed by atoms with E-state index >= 15 is 0 Å². The van der Waals surface area contributed by atoms with E-state index in [1.807, 2.05) is 50.2 Å². The molecule has 0 bridgehead atoms. The van der Waals surface area contributed by atoms with Crippen LogP contribution in [0.5, 0.6) is 0 Å². The zero-order chi connectivity index (χ0) is 18.0. The molecule has 0 amide bonds. The van der Waals surface area contributed by atoms with E-state index in [1.165, 1.54) is 11.1 Å². The van der Waals surface area contributed by atoms with Crippen LogP contribution in [0, 0.1) is 0 Å². The zero-order valence-electron chi connectivity index (χ0n) is 15.1. The zero-order valence-corrected chi connectivity index (χ0v) is 16.0. The van der Waals surface area contributed by atoms with Gasteiger partial charge < -0.3 is 9.05 Å². The Kier molecular flexibility index (Phi) is 8.36. The molecule has 0 atom stereocenters. The molecule has 4 nitrogen and oxygen atoms in total. The number of nitrogens with zero attached hydrogens (tertiary/aromatic N) is 1. The summed E-state index contributed by atoms with van der Waals surface area (Å²) in [4.78, 5) is 2.29. The molecule has 0 aromatic heterocycles. The number of benzene rings is 2. The molecule has 0 aliphatic carbocycles. The van der Waals surface area contributed by atoms with E-state index in [0.717, 1.165) is 13.1 Å². The summed E-state index contributed by atoms with van der Waals surface area (Å²) in [5.41, 5.74) is 2.47. The molecule has 136 valence electrons. The molecule has 0 heterocycles. The fraction of sp³-hybridized carbons (Fsp3) is 0.400. The average molecular weight is 361 g/mol. The van der Waals surface area contributed by atoms with E-state index in [4.69, 9.17) is 9.05 Å². The Morgan fingerprint density at radius 2 is 1.24 bits per heavy atom. The predicted molar refractivity (Wildman–Crippen MR) is 103 cm³/mol. The Balaban J connectivity index is 2.06. The smallest absolute Gasteiger partial charge is 0.309 e. The Morgan fingerprint density at radius 1 is 0.800 bits per heavy atom. The minimum Gasteiger partial charge on any atom is -0.309 e. The van der Waals surface area contributed by atoms with Crippen LogP contribution in [0.3, 0.4) is 0 Å². The highest BCUT2D eigenvalue weighted by molar-refractivity contribution is 7.53. The van der Waals surface area contributed by atoms with E-state index in [2.05, 4.69) is 29.2 Å². The van der Waals surface area contributed by atoms with Gasteiger partial charge in [-0.2, -0.15) is 0 Å². The molecular formula is C20H28NO3P. The summed E-state index contributed by atoms with van der Waals surface area (Å²) in [6.45, 7) is 6.74. The van der Waals surface area contributed by atoms with Gasteiger partial charge in [0.1, 0.15) is 0 Å². The maximum Gasteiger partial charge on any atom is 0.331 e. The SMILES string of the molecule is CCOP(=O)(CCN(Cc1ccccc1)Cc1ccccc1)OCC. The molecule has 0 aliphatic heterocycles. The molecule has 0 saturated heterocycles. The first-order valence-corrected chi connectivity index (χ1v) is 10.6.